The zero-order valence-corrected chi connectivity index (χ0v) is 16.2. The van der Waals surface area contributed by atoms with Gasteiger partial charge in [0.25, 0.3) is 0 Å². The highest BCUT2D eigenvalue weighted by Gasteiger charge is 2.44. The highest BCUT2D eigenvalue weighted by molar-refractivity contribution is 7.90. The third-order valence-corrected chi connectivity index (χ3v) is 4.57. The number of ether oxygens (including phenoxy) is 1. The second-order valence-electron chi connectivity index (χ2n) is 5.88. The Balaban J connectivity index is 0.000000660. The van der Waals surface area contributed by atoms with Gasteiger partial charge in [0.1, 0.15) is 5.69 Å². The molecule has 1 rings (SSSR count). The molecule has 0 atom stereocenters. The Morgan fingerprint density at radius 3 is 1.81 bits per heavy atom. The SMILES string of the molecule is COC(=O)c1cc([N+](C)(C)C)ccc1S(C)(=O)=O.O=S(=O)(O)C(F)(F)F. The van der Waals surface area contributed by atoms with Crippen molar-refractivity contribution in [3.63, 3.8) is 0 Å². The molecule has 1 aromatic carbocycles. The molecule has 150 valence electrons. The van der Waals surface area contributed by atoms with E-state index >= 15 is 0 Å². The molecule has 1 N–H and O–H groups in total. The maximum absolute atomic E-state index is 11.7. The molecular weight excluding hydrogens is 403 g/mol. The summed E-state index contributed by atoms with van der Waals surface area (Å²) in [6.45, 7) is 0. The zero-order chi connectivity index (χ0) is 21.1. The summed E-state index contributed by atoms with van der Waals surface area (Å²) in [4.78, 5) is 11.7. The Bertz CT molecular complexity index is 870. The number of carbonyl (C=O) groups is 1. The monoisotopic (exact) mass is 422 g/mol. The molecule has 0 heterocycles. The average Bonchev–Trinajstić information content (AvgIpc) is 2.42. The number of carbonyl (C=O) groups excluding carboxylic acids is 1. The van der Waals surface area contributed by atoms with E-state index in [2.05, 4.69) is 4.74 Å². The highest BCUT2D eigenvalue weighted by Crippen LogP contribution is 2.25. The molecule has 0 fully saturated rings. The largest absolute Gasteiger partial charge is 0.522 e. The fraction of sp³-hybridized carbons (Fsp3) is 0.462. The molecule has 13 heteroatoms. The van der Waals surface area contributed by atoms with E-state index in [-0.39, 0.29) is 10.5 Å². The fourth-order valence-corrected chi connectivity index (χ4v) is 2.39. The molecule has 0 amide bonds. The van der Waals surface area contributed by atoms with Gasteiger partial charge in [0.2, 0.25) is 0 Å². The van der Waals surface area contributed by atoms with Gasteiger partial charge in [-0.2, -0.15) is 21.6 Å². The van der Waals surface area contributed by atoms with Crippen LogP contribution in [0.3, 0.4) is 0 Å². The van der Waals surface area contributed by atoms with Crippen LogP contribution in [0.15, 0.2) is 23.1 Å². The van der Waals surface area contributed by atoms with Gasteiger partial charge in [-0.15, -0.1) is 0 Å². The summed E-state index contributed by atoms with van der Waals surface area (Å²) in [5, 5.41) is 0. The second-order valence-corrected chi connectivity index (χ2v) is 9.27. The Morgan fingerprint density at radius 1 is 1.12 bits per heavy atom. The van der Waals surface area contributed by atoms with E-state index in [9.17, 15) is 26.4 Å². The molecule has 0 saturated heterocycles. The van der Waals surface area contributed by atoms with Crippen molar-refractivity contribution in [2.45, 2.75) is 10.4 Å². The van der Waals surface area contributed by atoms with Crippen LogP contribution in [-0.2, 0) is 24.7 Å². The van der Waals surface area contributed by atoms with Crippen LogP contribution >= 0.6 is 0 Å². The molecule has 0 aliphatic carbocycles. The second kappa shape index (κ2) is 7.90. The zero-order valence-electron chi connectivity index (χ0n) is 14.5. The van der Waals surface area contributed by atoms with Gasteiger partial charge in [0, 0.05) is 18.4 Å². The van der Waals surface area contributed by atoms with E-state index in [1.807, 2.05) is 21.1 Å². The van der Waals surface area contributed by atoms with Gasteiger partial charge < -0.3 is 4.74 Å². The van der Waals surface area contributed by atoms with Gasteiger partial charge >= 0.3 is 21.6 Å². The number of hydrogen-bond acceptors (Lipinski definition) is 6. The number of methoxy groups -OCH3 is 1. The molecule has 0 radical (unpaired) electrons. The van der Waals surface area contributed by atoms with Crippen molar-refractivity contribution >= 4 is 31.6 Å². The van der Waals surface area contributed by atoms with Crippen LogP contribution in [0, 0.1) is 0 Å². The number of nitrogens with zero attached hydrogens (tertiary/aromatic N) is 1. The third-order valence-electron chi connectivity index (χ3n) is 2.84. The lowest BCUT2D eigenvalue weighted by Gasteiger charge is -2.24. The van der Waals surface area contributed by atoms with Gasteiger partial charge in [-0.05, 0) is 6.07 Å². The van der Waals surface area contributed by atoms with E-state index in [1.165, 1.54) is 13.2 Å². The predicted octanol–water partition coefficient (Wildman–Crippen LogP) is 1.47. The van der Waals surface area contributed by atoms with E-state index in [4.69, 9.17) is 13.0 Å². The Kier molecular flexibility index (Phi) is 7.38. The van der Waals surface area contributed by atoms with Crippen LogP contribution in [-0.4, -0.2) is 67.4 Å². The molecule has 0 saturated carbocycles. The molecule has 0 bridgehead atoms. The number of quaternary nitrogens is 1. The van der Waals surface area contributed by atoms with Crippen LogP contribution in [0.2, 0.25) is 0 Å². The summed E-state index contributed by atoms with van der Waals surface area (Å²) in [7, 11) is -2.29. The molecule has 0 unspecified atom stereocenters. The van der Waals surface area contributed by atoms with E-state index < -0.39 is 31.4 Å². The average molecular weight is 422 g/mol. The third kappa shape index (κ3) is 6.90. The molecule has 1 aromatic rings. The fourth-order valence-electron chi connectivity index (χ4n) is 1.53. The highest BCUT2D eigenvalue weighted by atomic mass is 32.2. The van der Waals surface area contributed by atoms with Crippen molar-refractivity contribution in [3.8, 4) is 0 Å². The maximum atomic E-state index is 11.7. The van der Waals surface area contributed by atoms with Crippen LogP contribution in [0.25, 0.3) is 0 Å². The van der Waals surface area contributed by atoms with Gasteiger partial charge in [0.05, 0.1) is 38.7 Å². The lowest BCUT2D eigenvalue weighted by molar-refractivity contribution is -0.0510. The van der Waals surface area contributed by atoms with Crippen LogP contribution < -0.4 is 4.48 Å². The first-order valence-corrected chi connectivity index (χ1v) is 9.93. The lowest BCUT2D eigenvalue weighted by atomic mass is 10.2. The Morgan fingerprint density at radius 2 is 1.54 bits per heavy atom. The number of halogens is 3. The van der Waals surface area contributed by atoms with Gasteiger partial charge in [-0.3, -0.25) is 9.04 Å². The first kappa shape index (κ1) is 24.3. The van der Waals surface area contributed by atoms with Crippen molar-refractivity contribution < 1.29 is 44.1 Å². The summed E-state index contributed by atoms with van der Waals surface area (Å²) in [6.07, 6.45) is 1.07. The number of esters is 1. The number of benzene rings is 1. The standard InChI is InChI=1S/C12H18NO4S.CHF3O3S/c1-13(2,3)9-6-7-11(18(5,15)16)10(8-9)12(14)17-4;2-1(3,4)8(5,6)7/h6-8H,1-5H3;(H,5,6,7)/q+1;. The van der Waals surface area contributed by atoms with Gasteiger partial charge in [-0.1, -0.05) is 0 Å². The minimum atomic E-state index is -5.84. The summed E-state index contributed by atoms with van der Waals surface area (Å²) >= 11 is 0. The first-order valence-electron chi connectivity index (χ1n) is 6.60. The number of hydrogen-bond donors (Lipinski definition) is 1. The Hall–Kier alpha value is -1.70. The summed E-state index contributed by atoms with van der Waals surface area (Å²) < 4.78 is 85.9. The van der Waals surface area contributed by atoms with Crippen molar-refractivity contribution in [2.24, 2.45) is 0 Å². The Labute approximate surface area is 149 Å². The van der Waals surface area contributed by atoms with E-state index in [0.717, 1.165) is 11.9 Å². The minimum Gasteiger partial charge on any atom is -0.465 e. The summed E-state index contributed by atoms with van der Waals surface area (Å²) in [6, 6.07) is 4.70. The topological polar surface area (TPSA) is 115 Å². The van der Waals surface area contributed by atoms with Crippen molar-refractivity contribution in [2.75, 3.05) is 34.5 Å². The molecule has 0 aliphatic rings. The van der Waals surface area contributed by atoms with Crippen molar-refractivity contribution in [3.05, 3.63) is 23.8 Å². The number of alkyl halides is 3. The quantitative estimate of drug-likeness (QED) is 0.339. The minimum absolute atomic E-state index is 0.00782. The molecule has 8 nitrogen and oxygen atoms in total. The summed E-state index contributed by atoms with van der Waals surface area (Å²) in [5.41, 5.74) is -4.64. The van der Waals surface area contributed by atoms with Crippen molar-refractivity contribution in [1.82, 2.24) is 4.48 Å². The summed E-state index contributed by atoms with van der Waals surface area (Å²) in [5.74, 6) is -0.647. The van der Waals surface area contributed by atoms with E-state index in [0.29, 0.717) is 4.48 Å². The molecular formula is C13H19F3NO7S2+. The predicted molar refractivity (Wildman–Crippen MR) is 88.1 cm³/mol. The van der Waals surface area contributed by atoms with Crippen molar-refractivity contribution in [1.29, 1.82) is 0 Å². The van der Waals surface area contributed by atoms with Gasteiger partial charge in [-0.25, -0.2) is 13.2 Å². The van der Waals surface area contributed by atoms with Crippen LogP contribution in [0.4, 0.5) is 18.9 Å². The lowest BCUT2D eigenvalue weighted by Crippen LogP contribution is -2.35. The van der Waals surface area contributed by atoms with Gasteiger partial charge in [0.15, 0.2) is 9.84 Å². The number of rotatable bonds is 3. The first-order chi connectivity index (χ1) is 11.3. The molecule has 0 spiro atoms. The number of sulfone groups is 1. The molecule has 0 aliphatic heterocycles. The maximum Gasteiger partial charge on any atom is 0.522 e. The normalized spacial score (nSPS) is 12.8. The smallest absolute Gasteiger partial charge is 0.465 e. The van der Waals surface area contributed by atoms with Crippen LogP contribution in [0.1, 0.15) is 10.4 Å². The van der Waals surface area contributed by atoms with Crippen LogP contribution in [0.5, 0.6) is 0 Å². The molecule has 0 aromatic heterocycles. The molecule has 26 heavy (non-hydrogen) atoms. The van der Waals surface area contributed by atoms with E-state index in [1.54, 1.807) is 12.1 Å².